The van der Waals surface area contributed by atoms with Gasteiger partial charge in [-0.1, -0.05) is 17.7 Å². The molecule has 24 heavy (non-hydrogen) atoms. The molecule has 2 aromatic rings. The average molecular weight is 325 g/mol. The van der Waals surface area contributed by atoms with E-state index in [0.29, 0.717) is 5.69 Å². The van der Waals surface area contributed by atoms with Gasteiger partial charge >= 0.3 is 0 Å². The van der Waals surface area contributed by atoms with Crippen molar-refractivity contribution < 1.29 is 9.90 Å². The molecule has 1 fully saturated rings. The van der Waals surface area contributed by atoms with Crippen LogP contribution in [0.4, 0.5) is 0 Å². The standard InChI is InChI=1S/C19H23N3O2/c1-13-7-9-14(10-8-13)22-17-6-2-5-16(17)18(20-22)19(24)21-11-3-4-15(21)12-23/h7-10,15,23H,2-6,11-12H2,1H3/t15-/m1/s1. The minimum atomic E-state index is -0.0564. The summed E-state index contributed by atoms with van der Waals surface area (Å²) in [5.74, 6) is -0.0180. The quantitative estimate of drug-likeness (QED) is 0.942. The molecule has 2 heterocycles. The first-order chi connectivity index (χ1) is 11.7. The van der Waals surface area contributed by atoms with Crippen LogP contribution in [0.15, 0.2) is 24.3 Å². The van der Waals surface area contributed by atoms with Crippen molar-refractivity contribution in [3.05, 3.63) is 46.8 Å². The van der Waals surface area contributed by atoms with Crippen LogP contribution in [0.3, 0.4) is 0 Å². The maximum atomic E-state index is 13.0. The molecule has 2 aliphatic rings. The van der Waals surface area contributed by atoms with E-state index in [-0.39, 0.29) is 18.6 Å². The van der Waals surface area contributed by atoms with Gasteiger partial charge in [0.05, 0.1) is 18.3 Å². The molecule has 0 spiro atoms. The number of hydrogen-bond donors (Lipinski definition) is 1. The van der Waals surface area contributed by atoms with E-state index in [9.17, 15) is 9.90 Å². The highest BCUT2D eigenvalue weighted by molar-refractivity contribution is 5.94. The molecular weight excluding hydrogens is 302 g/mol. The molecule has 0 radical (unpaired) electrons. The fraction of sp³-hybridized carbons (Fsp3) is 0.474. The number of amides is 1. The zero-order chi connectivity index (χ0) is 16.7. The number of aromatic nitrogens is 2. The van der Waals surface area contributed by atoms with Crippen LogP contribution in [0.5, 0.6) is 0 Å². The predicted molar refractivity (Wildman–Crippen MR) is 91.5 cm³/mol. The van der Waals surface area contributed by atoms with Crippen LogP contribution in [0, 0.1) is 6.92 Å². The van der Waals surface area contributed by atoms with Gasteiger partial charge in [-0.05, 0) is 51.2 Å². The Morgan fingerprint density at radius 3 is 2.79 bits per heavy atom. The second-order valence-electron chi connectivity index (χ2n) is 6.85. The summed E-state index contributed by atoms with van der Waals surface area (Å²) in [5, 5.41) is 14.2. The maximum Gasteiger partial charge on any atom is 0.274 e. The zero-order valence-corrected chi connectivity index (χ0v) is 14.0. The molecule has 126 valence electrons. The summed E-state index contributed by atoms with van der Waals surface area (Å²) in [4.78, 5) is 14.8. The summed E-state index contributed by atoms with van der Waals surface area (Å²) in [6, 6.07) is 8.20. The highest BCUT2D eigenvalue weighted by atomic mass is 16.3. The van der Waals surface area contributed by atoms with Crippen molar-refractivity contribution in [1.82, 2.24) is 14.7 Å². The first-order valence-corrected chi connectivity index (χ1v) is 8.78. The normalized spacial score (nSPS) is 19.8. The molecule has 4 rings (SSSR count). The third kappa shape index (κ3) is 2.44. The third-order valence-electron chi connectivity index (χ3n) is 5.26. The molecule has 0 unspecified atom stereocenters. The Morgan fingerprint density at radius 1 is 1.25 bits per heavy atom. The molecule has 5 nitrogen and oxygen atoms in total. The Kier molecular flexibility index (Phi) is 3.88. The fourth-order valence-corrected chi connectivity index (χ4v) is 3.94. The molecule has 0 saturated carbocycles. The van der Waals surface area contributed by atoms with Gasteiger partial charge < -0.3 is 10.0 Å². The van der Waals surface area contributed by atoms with E-state index < -0.39 is 0 Å². The second kappa shape index (κ2) is 6.06. The van der Waals surface area contributed by atoms with Gasteiger partial charge in [0.15, 0.2) is 5.69 Å². The Labute approximate surface area is 141 Å². The van der Waals surface area contributed by atoms with Crippen molar-refractivity contribution in [2.24, 2.45) is 0 Å². The summed E-state index contributed by atoms with van der Waals surface area (Å²) < 4.78 is 1.94. The molecule has 1 amide bonds. The lowest BCUT2D eigenvalue weighted by atomic mass is 10.1. The number of aliphatic hydroxyl groups excluding tert-OH is 1. The topological polar surface area (TPSA) is 58.4 Å². The Bertz CT molecular complexity index is 764. The van der Waals surface area contributed by atoms with E-state index in [1.165, 1.54) is 11.3 Å². The molecule has 0 bridgehead atoms. The molecule has 1 atom stereocenters. The van der Waals surface area contributed by atoms with Crippen LogP contribution in [0.25, 0.3) is 5.69 Å². The van der Waals surface area contributed by atoms with Crippen LogP contribution in [-0.4, -0.2) is 44.9 Å². The number of carbonyl (C=O) groups is 1. The number of nitrogens with zero attached hydrogens (tertiary/aromatic N) is 3. The number of likely N-dealkylation sites (tertiary alicyclic amines) is 1. The number of hydrogen-bond acceptors (Lipinski definition) is 3. The Hall–Kier alpha value is -2.14. The van der Waals surface area contributed by atoms with Gasteiger partial charge in [0.2, 0.25) is 0 Å². The lowest BCUT2D eigenvalue weighted by Crippen LogP contribution is -2.38. The third-order valence-corrected chi connectivity index (χ3v) is 5.26. The van der Waals surface area contributed by atoms with Crippen molar-refractivity contribution in [1.29, 1.82) is 0 Å². The minimum absolute atomic E-state index is 0.0180. The number of benzene rings is 1. The molecule has 1 N–H and O–H groups in total. The van der Waals surface area contributed by atoms with Crippen molar-refractivity contribution in [3.8, 4) is 5.69 Å². The Morgan fingerprint density at radius 2 is 2.04 bits per heavy atom. The molecule has 1 aromatic carbocycles. The van der Waals surface area contributed by atoms with E-state index in [2.05, 4.69) is 36.3 Å². The average Bonchev–Trinajstić information content (AvgIpc) is 3.30. The van der Waals surface area contributed by atoms with Crippen LogP contribution in [0.1, 0.15) is 46.6 Å². The van der Waals surface area contributed by atoms with Crippen LogP contribution in [0.2, 0.25) is 0 Å². The number of carbonyl (C=O) groups excluding carboxylic acids is 1. The van der Waals surface area contributed by atoms with Gasteiger partial charge in [0.1, 0.15) is 0 Å². The fourth-order valence-electron chi connectivity index (χ4n) is 3.94. The monoisotopic (exact) mass is 325 g/mol. The number of aliphatic hydroxyl groups is 1. The number of fused-ring (bicyclic) bond motifs is 1. The first kappa shape index (κ1) is 15.4. The molecule has 5 heteroatoms. The van der Waals surface area contributed by atoms with Gasteiger partial charge in [0, 0.05) is 17.8 Å². The summed E-state index contributed by atoms with van der Waals surface area (Å²) in [6.45, 7) is 2.82. The molecule has 1 aliphatic carbocycles. The summed E-state index contributed by atoms with van der Waals surface area (Å²) in [6.07, 6.45) is 4.79. The van der Waals surface area contributed by atoms with Gasteiger partial charge in [-0.15, -0.1) is 0 Å². The highest BCUT2D eigenvalue weighted by Gasteiger charge is 2.34. The summed E-state index contributed by atoms with van der Waals surface area (Å²) in [7, 11) is 0. The lowest BCUT2D eigenvalue weighted by molar-refractivity contribution is 0.0670. The van der Waals surface area contributed by atoms with E-state index in [1.807, 2.05) is 4.68 Å². The highest BCUT2D eigenvalue weighted by Crippen LogP contribution is 2.30. The van der Waals surface area contributed by atoms with Crippen LogP contribution < -0.4 is 0 Å². The second-order valence-corrected chi connectivity index (χ2v) is 6.85. The van der Waals surface area contributed by atoms with Gasteiger partial charge in [-0.3, -0.25) is 4.79 Å². The summed E-state index contributed by atoms with van der Waals surface area (Å²) >= 11 is 0. The van der Waals surface area contributed by atoms with Crippen molar-refractivity contribution in [2.75, 3.05) is 13.2 Å². The Balaban J connectivity index is 1.73. The number of rotatable bonds is 3. The summed E-state index contributed by atoms with van der Waals surface area (Å²) in [5.41, 5.74) is 5.08. The molecule has 1 saturated heterocycles. The largest absolute Gasteiger partial charge is 0.394 e. The van der Waals surface area contributed by atoms with E-state index in [4.69, 9.17) is 0 Å². The van der Waals surface area contributed by atoms with Crippen LogP contribution in [-0.2, 0) is 12.8 Å². The smallest absolute Gasteiger partial charge is 0.274 e. The van der Waals surface area contributed by atoms with Gasteiger partial charge in [-0.2, -0.15) is 5.10 Å². The van der Waals surface area contributed by atoms with Gasteiger partial charge in [-0.25, -0.2) is 4.68 Å². The van der Waals surface area contributed by atoms with Crippen molar-refractivity contribution in [2.45, 2.75) is 45.1 Å². The van der Waals surface area contributed by atoms with Crippen molar-refractivity contribution in [3.63, 3.8) is 0 Å². The van der Waals surface area contributed by atoms with Gasteiger partial charge in [0.25, 0.3) is 5.91 Å². The predicted octanol–water partition coefficient (Wildman–Crippen LogP) is 2.27. The molecular formula is C19H23N3O2. The van der Waals surface area contributed by atoms with E-state index in [1.54, 1.807) is 4.90 Å². The van der Waals surface area contributed by atoms with E-state index in [0.717, 1.165) is 49.9 Å². The number of aryl methyl sites for hydroxylation is 1. The van der Waals surface area contributed by atoms with Crippen molar-refractivity contribution >= 4 is 5.91 Å². The first-order valence-electron chi connectivity index (χ1n) is 8.78. The lowest BCUT2D eigenvalue weighted by Gasteiger charge is -2.22. The maximum absolute atomic E-state index is 13.0. The molecule has 1 aliphatic heterocycles. The van der Waals surface area contributed by atoms with E-state index >= 15 is 0 Å². The zero-order valence-electron chi connectivity index (χ0n) is 14.0. The van der Waals surface area contributed by atoms with Crippen LogP contribution >= 0.6 is 0 Å². The minimum Gasteiger partial charge on any atom is -0.394 e. The SMILES string of the molecule is Cc1ccc(-n2nc(C(=O)N3CCC[C@@H]3CO)c3c2CCC3)cc1. The molecule has 1 aromatic heterocycles.